The summed E-state index contributed by atoms with van der Waals surface area (Å²) < 4.78 is 5.38. The first-order valence-corrected chi connectivity index (χ1v) is 10.2. The second kappa shape index (κ2) is 9.24. The third kappa shape index (κ3) is 6.10. The van der Waals surface area contributed by atoms with E-state index in [-0.39, 0.29) is 12.1 Å². The summed E-state index contributed by atoms with van der Waals surface area (Å²) in [5, 5.41) is 3.01. The van der Waals surface area contributed by atoms with Crippen LogP contribution in [0.2, 0.25) is 0 Å². The van der Waals surface area contributed by atoms with Gasteiger partial charge in [-0.3, -0.25) is 0 Å². The molecule has 2 aromatic carbocycles. The number of ether oxygens (including phenoxy) is 1. The minimum Gasteiger partial charge on any atom is -0.444 e. The molecule has 1 aliphatic rings. The molecule has 28 heavy (non-hydrogen) atoms. The van der Waals surface area contributed by atoms with Crippen LogP contribution in [0.5, 0.6) is 0 Å². The SMILES string of the molecule is CC(C)(C)OC(=O)N[C@H]1CCN(CCC(c2ccccc2)c2ccccc2)C1. The Bertz CT molecular complexity index is 701. The normalized spacial score (nSPS) is 17.6. The standard InChI is InChI=1S/C24H32N2O2/c1-24(2,3)28-23(27)25-21-14-16-26(18-21)17-15-22(19-10-6-4-7-11-19)20-12-8-5-9-13-20/h4-13,21-22H,14-18H2,1-3H3,(H,25,27)/t21-/m0/s1. The highest BCUT2D eigenvalue weighted by Crippen LogP contribution is 2.28. The maximum absolute atomic E-state index is 12.0. The Morgan fingerprint density at radius 2 is 1.64 bits per heavy atom. The van der Waals surface area contributed by atoms with E-state index in [2.05, 4.69) is 70.9 Å². The predicted molar refractivity (Wildman–Crippen MR) is 114 cm³/mol. The first kappa shape index (κ1) is 20.4. The molecule has 0 radical (unpaired) electrons. The molecule has 1 heterocycles. The zero-order valence-electron chi connectivity index (χ0n) is 17.2. The van der Waals surface area contributed by atoms with Crippen molar-refractivity contribution in [3.63, 3.8) is 0 Å². The molecule has 3 rings (SSSR count). The lowest BCUT2D eigenvalue weighted by molar-refractivity contribution is 0.0506. The molecule has 1 N–H and O–H groups in total. The van der Waals surface area contributed by atoms with Crippen LogP contribution < -0.4 is 5.32 Å². The fourth-order valence-electron chi connectivity index (χ4n) is 3.84. The second-order valence-electron chi connectivity index (χ2n) is 8.60. The van der Waals surface area contributed by atoms with Gasteiger partial charge in [-0.2, -0.15) is 0 Å². The van der Waals surface area contributed by atoms with Crippen LogP contribution in [0.25, 0.3) is 0 Å². The van der Waals surface area contributed by atoms with Gasteiger partial charge in [0.1, 0.15) is 5.60 Å². The van der Waals surface area contributed by atoms with E-state index in [1.165, 1.54) is 11.1 Å². The van der Waals surface area contributed by atoms with E-state index < -0.39 is 5.60 Å². The number of likely N-dealkylation sites (tertiary alicyclic amines) is 1. The number of benzene rings is 2. The van der Waals surface area contributed by atoms with Gasteiger partial charge in [0.15, 0.2) is 0 Å². The van der Waals surface area contributed by atoms with Crippen LogP contribution in [-0.4, -0.2) is 42.3 Å². The van der Waals surface area contributed by atoms with E-state index >= 15 is 0 Å². The van der Waals surface area contributed by atoms with Crippen LogP contribution in [0.3, 0.4) is 0 Å². The van der Waals surface area contributed by atoms with Crippen molar-refractivity contribution in [2.45, 2.75) is 51.2 Å². The van der Waals surface area contributed by atoms with Crippen LogP contribution in [0.1, 0.15) is 50.7 Å². The highest BCUT2D eigenvalue weighted by Gasteiger charge is 2.26. The summed E-state index contributed by atoms with van der Waals surface area (Å²) in [5.74, 6) is 0.389. The van der Waals surface area contributed by atoms with Gasteiger partial charge >= 0.3 is 6.09 Å². The van der Waals surface area contributed by atoms with Gasteiger partial charge in [0.2, 0.25) is 0 Å². The van der Waals surface area contributed by atoms with E-state index in [4.69, 9.17) is 4.74 Å². The van der Waals surface area contributed by atoms with Crippen molar-refractivity contribution in [1.29, 1.82) is 0 Å². The van der Waals surface area contributed by atoms with Crippen LogP contribution in [-0.2, 0) is 4.74 Å². The lowest BCUT2D eigenvalue weighted by atomic mass is 9.88. The molecule has 4 nitrogen and oxygen atoms in total. The third-order valence-corrected chi connectivity index (χ3v) is 5.13. The minimum atomic E-state index is -0.457. The Labute approximate surface area is 168 Å². The molecule has 0 spiro atoms. The Morgan fingerprint density at radius 1 is 1.07 bits per heavy atom. The summed E-state index contributed by atoms with van der Waals surface area (Å²) in [4.78, 5) is 14.5. The molecule has 0 aliphatic carbocycles. The summed E-state index contributed by atoms with van der Waals surface area (Å²) >= 11 is 0. The highest BCUT2D eigenvalue weighted by molar-refractivity contribution is 5.68. The van der Waals surface area contributed by atoms with Gasteiger partial charge in [-0.25, -0.2) is 4.79 Å². The molecule has 0 unspecified atom stereocenters. The maximum atomic E-state index is 12.0. The smallest absolute Gasteiger partial charge is 0.407 e. The summed E-state index contributed by atoms with van der Waals surface area (Å²) in [6.07, 6.45) is 1.72. The summed E-state index contributed by atoms with van der Waals surface area (Å²) in [6.45, 7) is 8.58. The molecule has 1 saturated heterocycles. The van der Waals surface area contributed by atoms with E-state index in [0.717, 1.165) is 32.5 Å². The monoisotopic (exact) mass is 380 g/mol. The first-order chi connectivity index (χ1) is 13.4. The number of carbonyl (C=O) groups is 1. The van der Waals surface area contributed by atoms with Gasteiger partial charge in [0, 0.05) is 25.0 Å². The molecular formula is C24H32N2O2. The molecule has 4 heteroatoms. The zero-order valence-corrected chi connectivity index (χ0v) is 17.2. The van der Waals surface area contributed by atoms with Crippen LogP contribution in [0.15, 0.2) is 60.7 Å². The van der Waals surface area contributed by atoms with Crippen molar-refractivity contribution >= 4 is 6.09 Å². The average Bonchev–Trinajstić information content (AvgIpc) is 3.09. The second-order valence-corrected chi connectivity index (χ2v) is 8.60. The topological polar surface area (TPSA) is 41.6 Å². The molecule has 150 valence electrons. The minimum absolute atomic E-state index is 0.168. The van der Waals surface area contributed by atoms with Crippen molar-refractivity contribution in [2.75, 3.05) is 19.6 Å². The summed E-state index contributed by atoms with van der Waals surface area (Å²) in [5.41, 5.74) is 2.26. The van der Waals surface area contributed by atoms with Gasteiger partial charge in [-0.1, -0.05) is 60.7 Å². The van der Waals surface area contributed by atoms with Gasteiger partial charge < -0.3 is 15.0 Å². The number of alkyl carbamates (subject to hydrolysis) is 1. The lowest BCUT2D eigenvalue weighted by Gasteiger charge is -2.23. The van der Waals surface area contributed by atoms with Crippen LogP contribution in [0, 0.1) is 0 Å². The van der Waals surface area contributed by atoms with Crippen molar-refractivity contribution < 1.29 is 9.53 Å². The van der Waals surface area contributed by atoms with E-state index in [1.54, 1.807) is 0 Å². The number of nitrogens with one attached hydrogen (secondary N) is 1. The third-order valence-electron chi connectivity index (χ3n) is 5.13. The fourth-order valence-corrected chi connectivity index (χ4v) is 3.84. The molecule has 1 atom stereocenters. The number of hydrogen-bond acceptors (Lipinski definition) is 3. The zero-order chi connectivity index (χ0) is 20.0. The Morgan fingerprint density at radius 3 is 2.18 bits per heavy atom. The number of nitrogens with zero attached hydrogens (tertiary/aromatic N) is 1. The van der Waals surface area contributed by atoms with E-state index in [0.29, 0.717) is 5.92 Å². The van der Waals surface area contributed by atoms with Gasteiger partial charge in [0.25, 0.3) is 0 Å². The van der Waals surface area contributed by atoms with Crippen molar-refractivity contribution in [2.24, 2.45) is 0 Å². The quantitative estimate of drug-likeness (QED) is 0.782. The highest BCUT2D eigenvalue weighted by atomic mass is 16.6. The maximum Gasteiger partial charge on any atom is 0.407 e. The molecule has 0 saturated carbocycles. The van der Waals surface area contributed by atoms with E-state index in [9.17, 15) is 4.79 Å². The molecule has 2 aromatic rings. The van der Waals surface area contributed by atoms with Gasteiger partial charge in [-0.15, -0.1) is 0 Å². The molecule has 1 amide bonds. The number of carbonyl (C=O) groups excluding carboxylic acids is 1. The Kier molecular flexibility index (Phi) is 6.74. The van der Waals surface area contributed by atoms with Crippen LogP contribution >= 0.6 is 0 Å². The number of amides is 1. The first-order valence-electron chi connectivity index (χ1n) is 10.2. The average molecular weight is 381 g/mol. The largest absolute Gasteiger partial charge is 0.444 e. The van der Waals surface area contributed by atoms with Crippen LogP contribution in [0.4, 0.5) is 4.79 Å². The Hall–Kier alpha value is -2.33. The fraction of sp³-hybridized carbons (Fsp3) is 0.458. The number of hydrogen-bond donors (Lipinski definition) is 1. The molecule has 1 fully saturated rings. The predicted octanol–water partition coefficient (Wildman–Crippen LogP) is 4.81. The summed E-state index contributed by atoms with van der Waals surface area (Å²) in [7, 11) is 0. The van der Waals surface area contributed by atoms with Crippen molar-refractivity contribution in [3.05, 3.63) is 71.8 Å². The van der Waals surface area contributed by atoms with Crippen molar-refractivity contribution in [3.8, 4) is 0 Å². The van der Waals surface area contributed by atoms with Gasteiger partial charge in [-0.05, 0) is 51.3 Å². The Balaban J connectivity index is 1.55. The number of rotatable bonds is 6. The molecular weight excluding hydrogens is 348 g/mol. The van der Waals surface area contributed by atoms with E-state index in [1.807, 2.05) is 20.8 Å². The molecule has 1 aliphatic heterocycles. The summed E-state index contributed by atoms with van der Waals surface area (Å²) in [6, 6.07) is 21.6. The molecule has 0 bridgehead atoms. The van der Waals surface area contributed by atoms with Gasteiger partial charge in [0.05, 0.1) is 0 Å². The molecule has 0 aromatic heterocycles. The van der Waals surface area contributed by atoms with Crippen molar-refractivity contribution in [1.82, 2.24) is 10.2 Å². The lowest BCUT2D eigenvalue weighted by Crippen LogP contribution is -2.40.